The smallest absolute Gasteiger partial charge is 0.408 e. The first-order chi connectivity index (χ1) is 10.5. The Hall–Kier alpha value is -2.83. The molecule has 0 aliphatic heterocycles. The van der Waals surface area contributed by atoms with E-state index in [9.17, 15) is 19.1 Å². The van der Waals surface area contributed by atoms with E-state index >= 15 is 0 Å². The molecule has 0 saturated carbocycles. The molecular weight excluding hydrogens is 291 g/mol. The first-order valence-electron chi connectivity index (χ1n) is 6.53. The molecule has 0 aliphatic rings. The normalized spacial score (nSPS) is 11.9. The molecule has 0 spiro atoms. The highest BCUT2D eigenvalue weighted by molar-refractivity contribution is 5.85. The fourth-order valence-electron chi connectivity index (χ4n) is 2.07. The van der Waals surface area contributed by atoms with Gasteiger partial charge in [0, 0.05) is 23.5 Å². The van der Waals surface area contributed by atoms with E-state index in [1.54, 1.807) is 12.3 Å². The van der Waals surface area contributed by atoms with Gasteiger partial charge >= 0.3 is 12.1 Å². The number of rotatable bonds is 6. The lowest BCUT2D eigenvalue weighted by Crippen LogP contribution is -2.42. The number of hydrogen-bond acceptors (Lipinski definition) is 3. The summed E-state index contributed by atoms with van der Waals surface area (Å²) in [6.45, 7) is 3.38. The zero-order chi connectivity index (χ0) is 16.1. The minimum atomic E-state index is -1.19. The van der Waals surface area contributed by atoms with Gasteiger partial charge in [-0.1, -0.05) is 12.7 Å². The fraction of sp³-hybridized carbons (Fsp3) is 0.200. The summed E-state index contributed by atoms with van der Waals surface area (Å²) >= 11 is 0. The third-order valence-corrected chi connectivity index (χ3v) is 3.08. The minimum absolute atomic E-state index is 0.00939. The van der Waals surface area contributed by atoms with Crippen molar-refractivity contribution in [2.75, 3.05) is 6.61 Å². The Labute approximate surface area is 125 Å². The maximum atomic E-state index is 13.1. The van der Waals surface area contributed by atoms with Gasteiger partial charge in [0.1, 0.15) is 18.5 Å². The van der Waals surface area contributed by atoms with E-state index in [1.807, 2.05) is 0 Å². The molecule has 3 N–H and O–H groups in total. The highest BCUT2D eigenvalue weighted by Crippen LogP contribution is 2.20. The monoisotopic (exact) mass is 306 g/mol. The summed E-state index contributed by atoms with van der Waals surface area (Å²) in [7, 11) is 0. The molecule has 0 fully saturated rings. The lowest BCUT2D eigenvalue weighted by atomic mass is 10.1. The number of halogens is 1. The van der Waals surface area contributed by atoms with Crippen LogP contribution in [0.5, 0.6) is 0 Å². The second-order valence-corrected chi connectivity index (χ2v) is 4.63. The fourth-order valence-corrected chi connectivity index (χ4v) is 2.07. The Morgan fingerprint density at radius 1 is 1.50 bits per heavy atom. The number of fused-ring (bicyclic) bond motifs is 1. The van der Waals surface area contributed by atoms with Crippen molar-refractivity contribution in [2.24, 2.45) is 0 Å². The number of hydrogen-bond donors (Lipinski definition) is 3. The highest BCUT2D eigenvalue weighted by Gasteiger charge is 2.22. The van der Waals surface area contributed by atoms with Crippen LogP contribution in [0.1, 0.15) is 5.56 Å². The number of aromatic amines is 1. The maximum absolute atomic E-state index is 13.1. The van der Waals surface area contributed by atoms with Crippen LogP contribution in [0.3, 0.4) is 0 Å². The average Bonchev–Trinajstić information content (AvgIpc) is 2.86. The summed E-state index contributed by atoms with van der Waals surface area (Å²) in [5.41, 5.74) is 1.22. The van der Waals surface area contributed by atoms with Crippen LogP contribution in [0.25, 0.3) is 10.9 Å². The molecule has 1 atom stereocenters. The van der Waals surface area contributed by atoms with Crippen molar-refractivity contribution in [1.82, 2.24) is 10.3 Å². The number of ether oxygens (including phenoxy) is 1. The van der Waals surface area contributed by atoms with Crippen LogP contribution < -0.4 is 5.32 Å². The summed E-state index contributed by atoms with van der Waals surface area (Å²) in [6, 6.07) is 3.02. The molecule has 116 valence electrons. The molecule has 22 heavy (non-hydrogen) atoms. The SMILES string of the molecule is C=CCOC(=O)NC(Cc1c[nH]c2cc(F)ccc12)C(=O)O. The van der Waals surface area contributed by atoms with Crippen molar-refractivity contribution in [3.05, 3.63) is 48.4 Å². The van der Waals surface area contributed by atoms with Crippen LogP contribution in [0.4, 0.5) is 9.18 Å². The third kappa shape index (κ3) is 3.63. The van der Waals surface area contributed by atoms with Gasteiger partial charge < -0.3 is 20.1 Å². The molecule has 6 nitrogen and oxygen atoms in total. The van der Waals surface area contributed by atoms with E-state index < -0.39 is 18.1 Å². The summed E-state index contributed by atoms with van der Waals surface area (Å²) in [4.78, 5) is 25.6. The largest absolute Gasteiger partial charge is 0.480 e. The number of carbonyl (C=O) groups is 2. The zero-order valence-electron chi connectivity index (χ0n) is 11.6. The van der Waals surface area contributed by atoms with Crippen LogP contribution in [0.15, 0.2) is 37.1 Å². The van der Waals surface area contributed by atoms with Crippen molar-refractivity contribution in [3.63, 3.8) is 0 Å². The number of carbonyl (C=O) groups excluding carboxylic acids is 1. The van der Waals surface area contributed by atoms with E-state index in [1.165, 1.54) is 18.2 Å². The van der Waals surface area contributed by atoms with Crippen molar-refractivity contribution in [1.29, 1.82) is 0 Å². The summed E-state index contributed by atoms with van der Waals surface area (Å²) in [6.07, 6.45) is 2.18. The van der Waals surface area contributed by atoms with E-state index in [-0.39, 0.29) is 18.8 Å². The molecule has 2 rings (SSSR count). The molecule has 0 saturated heterocycles. The van der Waals surface area contributed by atoms with Gasteiger partial charge in [0.25, 0.3) is 0 Å². The Kier molecular flexibility index (Phi) is 4.77. The molecule has 2 aromatic rings. The first-order valence-corrected chi connectivity index (χ1v) is 6.53. The van der Waals surface area contributed by atoms with Gasteiger partial charge in [0.2, 0.25) is 0 Å². The second kappa shape index (κ2) is 6.75. The van der Waals surface area contributed by atoms with Gasteiger partial charge in [-0.3, -0.25) is 0 Å². The number of carboxylic acids is 1. The number of alkyl carbamates (subject to hydrolysis) is 1. The lowest BCUT2D eigenvalue weighted by Gasteiger charge is -2.13. The highest BCUT2D eigenvalue weighted by atomic mass is 19.1. The lowest BCUT2D eigenvalue weighted by molar-refractivity contribution is -0.139. The van der Waals surface area contributed by atoms with Gasteiger partial charge in [-0.05, 0) is 23.8 Å². The standard InChI is InChI=1S/C15H15FN2O4/c1-2-5-22-15(21)18-13(14(19)20)6-9-8-17-12-7-10(16)3-4-11(9)12/h2-4,7-8,13,17H,1,5-6H2,(H,18,21)(H,19,20). The van der Waals surface area contributed by atoms with E-state index in [0.717, 1.165) is 0 Å². The predicted octanol–water partition coefficient (Wildman–Crippen LogP) is 2.21. The molecule has 1 aromatic carbocycles. The molecule has 1 unspecified atom stereocenters. The minimum Gasteiger partial charge on any atom is -0.480 e. The van der Waals surface area contributed by atoms with Crippen molar-refractivity contribution < 1.29 is 23.8 Å². The van der Waals surface area contributed by atoms with Crippen LogP contribution in [0.2, 0.25) is 0 Å². The number of aliphatic carboxylic acids is 1. The van der Waals surface area contributed by atoms with Crippen LogP contribution >= 0.6 is 0 Å². The maximum Gasteiger partial charge on any atom is 0.408 e. The van der Waals surface area contributed by atoms with Gasteiger partial charge in [0.05, 0.1) is 0 Å². The summed E-state index contributed by atoms with van der Waals surface area (Å²) < 4.78 is 17.8. The van der Waals surface area contributed by atoms with E-state index in [4.69, 9.17) is 4.74 Å². The summed E-state index contributed by atoms with van der Waals surface area (Å²) in [5, 5.41) is 12.2. The van der Waals surface area contributed by atoms with E-state index in [2.05, 4.69) is 16.9 Å². The van der Waals surface area contributed by atoms with E-state index in [0.29, 0.717) is 16.5 Å². The Morgan fingerprint density at radius 3 is 2.95 bits per heavy atom. The molecular formula is C15H15FN2O4. The van der Waals surface area contributed by atoms with Crippen LogP contribution in [-0.2, 0) is 16.0 Å². The van der Waals surface area contributed by atoms with Crippen molar-refractivity contribution >= 4 is 23.0 Å². The molecule has 0 radical (unpaired) electrons. The number of nitrogens with one attached hydrogen (secondary N) is 2. The molecule has 1 amide bonds. The van der Waals surface area contributed by atoms with Crippen LogP contribution in [0, 0.1) is 5.82 Å². The average molecular weight is 306 g/mol. The molecule has 0 aliphatic carbocycles. The molecule has 1 aromatic heterocycles. The van der Waals surface area contributed by atoms with Crippen LogP contribution in [-0.4, -0.2) is 34.8 Å². The molecule has 1 heterocycles. The van der Waals surface area contributed by atoms with Gasteiger partial charge in [0.15, 0.2) is 0 Å². The predicted molar refractivity (Wildman–Crippen MR) is 78.1 cm³/mol. The van der Waals surface area contributed by atoms with Crippen molar-refractivity contribution in [2.45, 2.75) is 12.5 Å². The quantitative estimate of drug-likeness (QED) is 0.714. The number of benzene rings is 1. The Morgan fingerprint density at radius 2 is 2.27 bits per heavy atom. The summed E-state index contributed by atoms with van der Waals surface area (Å²) in [5.74, 6) is -1.58. The number of aromatic nitrogens is 1. The van der Waals surface area contributed by atoms with Gasteiger partial charge in [-0.2, -0.15) is 0 Å². The first kappa shape index (κ1) is 15.6. The topological polar surface area (TPSA) is 91.4 Å². The number of amides is 1. The zero-order valence-corrected chi connectivity index (χ0v) is 11.6. The Balaban J connectivity index is 2.14. The number of carboxylic acid groups (broad SMARTS) is 1. The second-order valence-electron chi connectivity index (χ2n) is 4.63. The van der Waals surface area contributed by atoms with Crippen molar-refractivity contribution in [3.8, 4) is 0 Å². The van der Waals surface area contributed by atoms with Gasteiger partial charge in [-0.25, -0.2) is 14.0 Å². The Bertz CT molecular complexity index is 711. The van der Waals surface area contributed by atoms with Gasteiger partial charge in [-0.15, -0.1) is 0 Å². The molecule has 7 heteroatoms. The third-order valence-electron chi connectivity index (χ3n) is 3.08. The number of H-pyrrole nitrogens is 1. The molecule has 0 bridgehead atoms.